The maximum atomic E-state index is 5.76. The first-order valence-electron chi connectivity index (χ1n) is 5.35. The first-order valence-corrected chi connectivity index (χ1v) is 5.35. The van der Waals surface area contributed by atoms with Crippen LogP contribution in [0.25, 0.3) is 5.70 Å². The molecule has 80 valence electrons. The van der Waals surface area contributed by atoms with Gasteiger partial charge in [-0.1, -0.05) is 30.3 Å². The Kier molecular flexibility index (Phi) is 2.53. The average molecular weight is 202 g/mol. The van der Waals surface area contributed by atoms with Crippen LogP contribution in [0.1, 0.15) is 16.7 Å². The maximum absolute atomic E-state index is 5.76. The molecule has 2 rings (SSSR count). The van der Waals surface area contributed by atoms with Gasteiger partial charge in [-0.25, -0.2) is 0 Å². The zero-order chi connectivity index (χ0) is 11.0. The molecule has 0 aliphatic carbocycles. The molecule has 0 atom stereocenters. The second-order valence-electron chi connectivity index (χ2n) is 4.43. The van der Waals surface area contributed by atoms with Crippen LogP contribution < -0.4 is 5.73 Å². The molecule has 1 aromatic carbocycles. The lowest BCUT2D eigenvalue weighted by atomic mass is 10.00. The van der Waals surface area contributed by atoms with Crippen LogP contribution in [0.5, 0.6) is 0 Å². The van der Waals surface area contributed by atoms with Gasteiger partial charge in [-0.3, -0.25) is 0 Å². The van der Waals surface area contributed by atoms with Gasteiger partial charge in [-0.15, -0.1) is 0 Å². The maximum Gasteiger partial charge on any atom is 0.0395 e. The molecule has 0 radical (unpaired) electrons. The van der Waals surface area contributed by atoms with Crippen molar-refractivity contribution in [1.82, 2.24) is 4.90 Å². The van der Waals surface area contributed by atoms with E-state index in [-0.39, 0.29) is 0 Å². The molecule has 1 fully saturated rings. The van der Waals surface area contributed by atoms with Gasteiger partial charge in [0.1, 0.15) is 0 Å². The molecule has 1 aliphatic heterocycles. The summed E-state index contributed by atoms with van der Waals surface area (Å²) in [7, 11) is 0. The number of nitrogens with two attached hydrogens (primary N) is 1. The summed E-state index contributed by atoms with van der Waals surface area (Å²) in [5.41, 5.74) is 10.7. The summed E-state index contributed by atoms with van der Waals surface area (Å²) in [5.74, 6) is 0. The molecule has 15 heavy (non-hydrogen) atoms. The van der Waals surface area contributed by atoms with Crippen molar-refractivity contribution >= 4 is 5.70 Å². The molecule has 2 N–H and O–H groups in total. The van der Waals surface area contributed by atoms with E-state index < -0.39 is 0 Å². The van der Waals surface area contributed by atoms with E-state index in [0.717, 1.165) is 18.8 Å². The summed E-state index contributed by atoms with van der Waals surface area (Å²) in [5, 5.41) is 0. The molecule has 1 aliphatic rings. The van der Waals surface area contributed by atoms with Crippen molar-refractivity contribution in [3.63, 3.8) is 0 Å². The summed E-state index contributed by atoms with van der Waals surface area (Å²) >= 11 is 0. The summed E-state index contributed by atoms with van der Waals surface area (Å²) < 4.78 is 0. The monoisotopic (exact) mass is 202 g/mol. The topological polar surface area (TPSA) is 29.3 Å². The SMILES string of the molecule is C=C(c1ccc(C)cc1C)N1CC(N)C1. The zero-order valence-corrected chi connectivity index (χ0v) is 9.46. The largest absolute Gasteiger partial charge is 0.368 e. The molecule has 0 unspecified atom stereocenters. The van der Waals surface area contributed by atoms with Crippen LogP contribution in [0.2, 0.25) is 0 Å². The molecule has 2 heteroatoms. The van der Waals surface area contributed by atoms with Gasteiger partial charge in [0.15, 0.2) is 0 Å². The summed E-state index contributed by atoms with van der Waals surface area (Å²) in [6.45, 7) is 10.3. The Morgan fingerprint density at radius 2 is 2.07 bits per heavy atom. The molecule has 1 aromatic rings. The first-order chi connectivity index (χ1) is 7.08. The van der Waals surface area contributed by atoms with Gasteiger partial charge in [0, 0.05) is 30.4 Å². The lowest BCUT2D eigenvalue weighted by molar-refractivity contribution is 0.239. The number of hydrogen-bond donors (Lipinski definition) is 1. The minimum atomic E-state index is 0.326. The number of aryl methyl sites for hydroxylation is 2. The molecule has 0 spiro atoms. The van der Waals surface area contributed by atoms with Crippen molar-refractivity contribution in [1.29, 1.82) is 0 Å². The van der Waals surface area contributed by atoms with Gasteiger partial charge >= 0.3 is 0 Å². The number of nitrogens with zero attached hydrogens (tertiary/aromatic N) is 1. The van der Waals surface area contributed by atoms with Crippen molar-refractivity contribution < 1.29 is 0 Å². The van der Waals surface area contributed by atoms with E-state index in [4.69, 9.17) is 5.73 Å². The standard InChI is InChI=1S/C13H18N2/c1-9-4-5-13(10(2)6-9)11(3)15-7-12(14)8-15/h4-6,12H,3,7-8,14H2,1-2H3. The summed E-state index contributed by atoms with van der Waals surface area (Å²) in [4.78, 5) is 2.24. The van der Waals surface area contributed by atoms with Crippen LogP contribution in [-0.2, 0) is 0 Å². The van der Waals surface area contributed by atoms with Crippen LogP contribution in [0, 0.1) is 13.8 Å². The number of likely N-dealkylation sites (tertiary alicyclic amines) is 1. The van der Waals surface area contributed by atoms with Crippen molar-refractivity contribution in [3.8, 4) is 0 Å². The Balaban J connectivity index is 2.19. The highest BCUT2D eigenvalue weighted by Crippen LogP contribution is 2.25. The quantitative estimate of drug-likeness (QED) is 0.794. The summed E-state index contributed by atoms with van der Waals surface area (Å²) in [6.07, 6.45) is 0. The molecular weight excluding hydrogens is 184 g/mol. The molecule has 0 saturated carbocycles. The van der Waals surface area contributed by atoms with Crippen LogP contribution in [0.3, 0.4) is 0 Å². The van der Waals surface area contributed by atoms with Crippen molar-refractivity contribution in [2.45, 2.75) is 19.9 Å². The minimum Gasteiger partial charge on any atom is -0.368 e. The van der Waals surface area contributed by atoms with Gasteiger partial charge in [0.05, 0.1) is 0 Å². The zero-order valence-electron chi connectivity index (χ0n) is 9.46. The van der Waals surface area contributed by atoms with Gasteiger partial charge in [0.25, 0.3) is 0 Å². The van der Waals surface area contributed by atoms with Gasteiger partial charge < -0.3 is 10.6 Å². The highest BCUT2D eigenvalue weighted by Gasteiger charge is 2.24. The lowest BCUT2D eigenvalue weighted by Crippen LogP contribution is -2.54. The van der Waals surface area contributed by atoms with E-state index in [1.54, 1.807) is 0 Å². The van der Waals surface area contributed by atoms with E-state index in [1.165, 1.54) is 16.7 Å². The molecule has 2 nitrogen and oxygen atoms in total. The third-order valence-corrected chi connectivity index (χ3v) is 2.98. The van der Waals surface area contributed by atoms with Crippen LogP contribution in [0.15, 0.2) is 24.8 Å². The van der Waals surface area contributed by atoms with Crippen LogP contribution in [-0.4, -0.2) is 24.0 Å². The average Bonchev–Trinajstić information content (AvgIpc) is 2.12. The number of rotatable bonds is 2. The minimum absolute atomic E-state index is 0.326. The second kappa shape index (κ2) is 3.70. The Morgan fingerprint density at radius 1 is 1.40 bits per heavy atom. The van der Waals surface area contributed by atoms with E-state index in [9.17, 15) is 0 Å². The molecule has 0 bridgehead atoms. The van der Waals surface area contributed by atoms with E-state index >= 15 is 0 Å². The smallest absolute Gasteiger partial charge is 0.0395 e. The Bertz CT molecular complexity index is 390. The number of hydrogen-bond acceptors (Lipinski definition) is 2. The van der Waals surface area contributed by atoms with E-state index in [0.29, 0.717) is 6.04 Å². The molecule has 0 aromatic heterocycles. The Hall–Kier alpha value is -1.28. The molecular formula is C13H18N2. The highest BCUT2D eigenvalue weighted by molar-refractivity contribution is 5.66. The van der Waals surface area contributed by atoms with Crippen LogP contribution in [0.4, 0.5) is 0 Å². The second-order valence-corrected chi connectivity index (χ2v) is 4.43. The summed E-state index contributed by atoms with van der Waals surface area (Å²) in [6, 6.07) is 6.80. The highest BCUT2D eigenvalue weighted by atomic mass is 15.2. The van der Waals surface area contributed by atoms with Crippen molar-refractivity contribution in [2.75, 3.05) is 13.1 Å². The predicted octanol–water partition coefficient (Wildman–Crippen LogP) is 1.92. The van der Waals surface area contributed by atoms with Gasteiger partial charge in [0.2, 0.25) is 0 Å². The fraction of sp³-hybridized carbons (Fsp3) is 0.385. The third kappa shape index (κ3) is 1.90. The van der Waals surface area contributed by atoms with Gasteiger partial charge in [-0.05, 0) is 19.4 Å². The third-order valence-electron chi connectivity index (χ3n) is 2.98. The fourth-order valence-electron chi connectivity index (χ4n) is 2.04. The van der Waals surface area contributed by atoms with E-state index in [2.05, 4.69) is 43.5 Å². The predicted molar refractivity (Wildman–Crippen MR) is 64.5 cm³/mol. The van der Waals surface area contributed by atoms with Crippen LogP contribution >= 0.6 is 0 Å². The van der Waals surface area contributed by atoms with Gasteiger partial charge in [-0.2, -0.15) is 0 Å². The lowest BCUT2D eigenvalue weighted by Gasteiger charge is -2.40. The number of benzene rings is 1. The molecule has 1 heterocycles. The fourth-order valence-corrected chi connectivity index (χ4v) is 2.04. The first kappa shape index (κ1) is 10.2. The van der Waals surface area contributed by atoms with Crippen molar-refractivity contribution in [2.24, 2.45) is 5.73 Å². The Morgan fingerprint density at radius 3 is 2.60 bits per heavy atom. The molecule has 1 saturated heterocycles. The normalized spacial score (nSPS) is 16.3. The van der Waals surface area contributed by atoms with Crippen molar-refractivity contribution in [3.05, 3.63) is 41.5 Å². The van der Waals surface area contributed by atoms with E-state index in [1.807, 2.05) is 0 Å². The molecule has 0 amide bonds. The Labute approximate surface area is 91.4 Å².